The van der Waals surface area contributed by atoms with Crippen LogP contribution in [0.1, 0.15) is 19.3 Å². The van der Waals surface area contributed by atoms with Crippen molar-refractivity contribution in [3.63, 3.8) is 0 Å². The molecule has 0 aromatic rings. The summed E-state index contributed by atoms with van der Waals surface area (Å²) in [6, 6.07) is -1.01. The van der Waals surface area contributed by atoms with Crippen molar-refractivity contribution in [3.8, 4) is 0 Å². The molecular weight excluding hydrogens is 400 g/mol. The van der Waals surface area contributed by atoms with Gasteiger partial charge in [-0.2, -0.15) is 13.2 Å². The Morgan fingerprint density at radius 3 is 2.57 bits per heavy atom. The minimum atomic E-state index is -4.42. The number of likely N-dealkylation sites (tertiary alicyclic amines) is 1. The molecule has 2 atom stereocenters. The van der Waals surface area contributed by atoms with Crippen LogP contribution in [0.2, 0.25) is 0 Å². The summed E-state index contributed by atoms with van der Waals surface area (Å²) in [5.74, 6) is 0. The van der Waals surface area contributed by atoms with Crippen LogP contribution in [-0.4, -0.2) is 42.3 Å². The number of piperidine rings is 1. The summed E-state index contributed by atoms with van der Waals surface area (Å²) in [5.41, 5.74) is -0.741. The first-order valence-electron chi connectivity index (χ1n) is 6.72. The Morgan fingerprint density at radius 2 is 2.00 bits per heavy atom. The topological polar surface area (TPSA) is 41.6 Å². The van der Waals surface area contributed by atoms with Crippen molar-refractivity contribution in [1.82, 2.24) is 10.2 Å². The number of nitrogens with one attached hydrogen (secondary N) is 1. The van der Waals surface area contributed by atoms with Crippen LogP contribution in [0.5, 0.6) is 0 Å². The molecule has 0 aromatic carbocycles. The van der Waals surface area contributed by atoms with Crippen LogP contribution in [-0.2, 0) is 3.07 Å². The fraction of sp³-hybridized carbons (Fsp3) is 0.615. The maximum atomic E-state index is 12.8. The number of halogens is 4. The van der Waals surface area contributed by atoms with E-state index >= 15 is 0 Å². The third-order valence-electron chi connectivity index (χ3n) is 3.69. The number of hydrogen-bond donors (Lipinski definition) is 1. The third-order valence-corrected chi connectivity index (χ3v) is 4.09. The monoisotopic (exact) mass is 416 g/mol. The first-order valence-corrected chi connectivity index (χ1v) is 7.60. The SMILES string of the molecule is O=C(NC1C=C(C(F)(F)F)C=CC1N1CCCCC1)OI. The highest BCUT2D eigenvalue weighted by Gasteiger charge is 2.37. The van der Waals surface area contributed by atoms with Gasteiger partial charge >= 0.3 is 12.3 Å². The van der Waals surface area contributed by atoms with Gasteiger partial charge in [0.15, 0.2) is 23.0 Å². The number of carbonyl (C=O) groups excluding carboxylic acids is 1. The Bertz CT molecular complexity index is 445. The lowest BCUT2D eigenvalue weighted by Crippen LogP contribution is -2.52. The van der Waals surface area contributed by atoms with Gasteiger partial charge in [-0.3, -0.25) is 4.90 Å². The second kappa shape index (κ2) is 6.99. The summed E-state index contributed by atoms with van der Waals surface area (Å²) in [5, 5.41) is 2.48. The van der Waals surface area contributed by atoms with Crippen molar-refractivity contribution < 1.29 is 21.0 Å². The van der Waals surface area contributed by atoms with E-state index < -0.39 is 23.9 Å². The van der Waals surface area contributed by atoms with Gasteiger partial charge in [0.25, 0.3) is 0 Å². The van der Waals surface area contributed by atoms with Crippen LogP contribution in [0.15, 0.2) is 23.8 Å². The van der Waals surface area contributed by atoms with E-state index in [0.717, 1.165) is 44.5 Å². The summed E-state index contributed by atoms with van der Waals surface area (Å²) in [6.07, 6.45) is 1.68. The molecule has 0 spiro atoms. The summed E-state index contributed by atoms with van der Waals surface area (Å²) < 4.78 is 43.0. The maximum absolute atomic E-state index is 12.8. The molecule has 0 radical (unpaired) electrons. The second-order valence-electron chi connectivity index (χ2n) is 5.10. The number of rotatable bonds is 2. The lowest BCUT2D eigenvalue weighted by atomic mass is 9.94. The zero-order valence-electron chi connectivity index (χ0n) is 11.2. The molecule has 1 fully saturated rings. The first-order chi connectivity index (χ1) is 9.91. The fourth-order valence-electron chi connectivity index (χ4n) is 2.71. The molecule has 1 heterocycles. The maximum Gasteiger partial charge on any atom is 0.417 e. The molecule has 118 valence electrons. The highest BCUT2D eigenvalue weighted by molar-refractivity contribution is 14.1. The van der Waals surface area contributed by atoms with E-state index in [1.165, 1.54) is 29.1 Å². The Morgan fingerprint density at radius 1 is 1.33 bits per heavy atom. The number of carbonyl (C=O) groups is 1. The highest BCUT2D eigenvalue weighted by atomic mass is 127. The molecular formula is C13H16F3IN2O2. The summed E-state index contributed by atoms with van der Waals surface area (Å²) in [7, 11) is 0. The average Bonchev–Trinajstić information content (AvgIpc) is 2.47. The van der Waals surface area contributed by atoms with E-state index in [2.05, 4.69) is 13.3 Å². The quantitative estimate of drug-likeness (QED) is 0.703. The molecule has 4 nitrogen and oxygen atoms in total. The van der Waals surface area contributed by atoms with Gasteiger partial charge < -0.3 is 8.38 Å². The summed E-state index contributed by atoms with van der Waals surface area (Å²) in [4.78, 5) is 13.5. The molecule has 1 aliphatic heterocycles. The van der Waals surface area contributed by atoms with Gasteiger partial charge in [-0.05, 0) is 32.0 Å². The van der Waals surface area contributed by atoms with E-state index in [1.807, 2.05) is 0 Å². The summed E-state index contributed by atoms with van der Waals surface area (Å²) >= 11 is 1.41. The Hall–Kier alpha value is -0.770. The Balaban J connectivity index is 2.18. The molecule has 1 amide bonds. The van der Waals surface area contributed by atoms with Gasteiger partial charge in [0.05, 0.1) is 17.7 Å². The van der Waals surface area contributed by atoms with Crippen molar-refractivity contribution in [2.45, 2.75) is 37.5 Å². The van der Waals surface area contributed by atoms with E-state index in [4.69, 9.17) is 0 Å². The zero-order valence-corrected chi connectivity index (χ0v) is 13.4. The molecule has 21 heavy (non-hydrogen) atoms. The molecule has 1 saturated heterocycles. The lowest BCUT2D eigenvalue weighted by Gasteiger charge is -2.38. The van der Waals surface area contributed by atoms with E-state index in [1.54, 1.807) is 0 Å². The standard InChI is InChI=1S/C13H16F3IN2O2/c14-13(15,16)9-4-5-11(19-6-2-1-3-7-19)10(8-9)18-12(20)21-17/h4-5,8,10-11H,1-3,6-7H2,(H,18,20). The Kier molecular flexibility index (Phi) is 5.53. The van der Waals surface area contributed by atoms with Gasteiger partial charge in [0, 0.05) is 0 Å². The Labute approximate surface area is 135 Å². The van der Waals surface area contributed by atoms with Crippen LogP contribution >= 0.6 is 23.0 Å². The normalized spacial score (nSPS) is 27.1. The molecule has 0 aromatic heterocycles. The highest BCUT2D eigenvalue weighted by Crippen LogP contribution is 2.31. The number of hydrogen-bond acceptors (Lipinski definition) is 3. The fourth-order valence-corrected chi connectivity index (χ4v) is 2.84. The molecule has 0 bridgehead atoms. The average molecular weight is 416 g/mol. The molecule has 2 unspecified atom stereocenters. The number of alkyl halides is 3. The first kappa shape index (κ1) is 16.6. The number of amides is 1. The lowest BCUT2D eigenvalue weighted by molar-refractivity contribution is -0.0890. The van der Waals surface area contributed by atoms with Crippen molar-refractivity contribution in [1.29, 1.82) is 0 Å². The number of nitrogens with zero attached hydrogens (tertiary/aromatic N) is 1. The van der Waals surface area contributed by atoms with Gasteiger partial charge in [0.1, 0.15) is 0 Å². The van der Waals surface area contributed by atoms with Crippen LogP contribution in [0.4, 0.5) is 18.0 Å². The second-order valence-corrected chi connectivity index (χ2v) is 5.54. The smallest absolute Gasteiger partial charge is 0.378 e. The minimum Gasteiger partial charge on any atom is -0.378 e. The largest absolute Gasteiger partial charge is 0.417 e. The van der Waals surface area contributed by atoms with Gasteiger partial charge in [0.2, 0.25) is 0 Å². The molecule has 1 aliphatic carbocycles. The minimum absolute atomic E-state index is 0.271. The molecule has 8 heteroatoms. The zero-order chi connectivity index (χ0) is 15.5. The van der Waals surface area contributed by atoms with Crippen molar-refractivity contribution in [3.05, 3.63) is 23.8 Å². The van der Waals surface area contributed by atoms with E-state index in [-0.39, 0.29) is 6.04 Å². The van der Waals surface area contributed by atoms with Crippen LogP contribution in [0.25, 0.3) is 0 Å². The van der Waals surface area contributed by atoms with Crippen LogP contribution < -0.4 is 5.32 Å². The van der Waals surface area contributed by atoms with Crippen molar-refractivity contribution in [2.75, 3.05) is 13.1 Å². The predicted octanol–water partition coefficient (Wildman–Crippen LogP) is 3.34. The van der Waals surface area contributed by atoms with Gasteiger partial charge in [-0.25, -0.2) is 4.79 Å². The summed E-state index contributed by atoms with van der Waals surface area (Å²) in [6.45, 7) is 1.64. The van der Waals surface area contributed by atoms with Crippen LogP contribution in [0.3, 0.4) is 0 Å². The molecule has 2 aliphatic rings. The van der Waals surface area contributed by atoms with Crippen molar-refractivity contribution >= 4 is 29.1 Å². The predicted molar refractivity (Wildman–Crippen MR) is 79.9 cm³/mol. The van der Waals surface area contributed by atoms with Crippen molar-refractivity contribution in [2.24, 2.45) is 0 Å². The molecule has 0 saturated carbocycles. The van der Waals surface area contributed by atoms with E-state index in [9.17, 15) is 18.0 Å². The number of allylic oxidation sites excluding steroid dienone is 2. The van der Waals surface area contributed by atoms with E-state index in [0.29, 0.717) is 0 Å². The molecule has 2 rings (SSSR count). The van der Waals surface area contributed by atoms with Gasteiger partial charge in [-0.1, -0.05) is 18.6 Å². The van der Waals surface area contributed by atoms with Gasteiger partial charge in [-0.15, -0.1) is 0 Å². The van der Waals surface area contributed by atoms with Crippen LogP contribution in [0, 0.1) is 0 Å². The third kappa shape index (κ3) is 4.35. The molecule has 1 N–H and O–H groups in total.